The number of hydrogen-bond donors (Lipinski definition) is 1. The van der Waals surface area contributed by atoms with Gasteiger partial charge in [0.2, 0.25) is 0 Å². The molecule has 0 aliphatic carbocycles. The fourth-order valence-corrected chi connectivity index (χ4v) is 3.65. The third kappa shape index (κ3) is 3.73. The van der Waals surface area contributed by atoms with E-state index >= 15 is 0 Å². The van der Waals surface area contributed by atoms with Crippen molar-refractivity contribution in [3.05, 3.63) is 109 Å². The minimum absolute atomic E-state index is 0.428. The molecule has 0 aliphatic rings. The predicted molar refractivity (Wildman–Crippen MR) is 124 cm³/mol. The number of anilines is 1. The van der Waals surface area contributed by atoms with E-state index in [2.05, 4.69) is 11.9 Å². The second-order valence-electron chi connectivity index (χ2n) is 7.32. The molecule has 0 spiro atoms. The molecule has 5 nitrogen and oxygen atoms in total. The normalized spacial score (nSPS) is 11.0. The van der Waals surface area contributed by atoms with Gasteiger partial charge in [-0.05, 0) is 36.2 Å². The molecule has 5 aromatic rings. The van der Waals surface area contributed by atoms with Gasteiger partial charge in [-0.15, -0.1) is 0 Å². The monoisotopic (exact) mass is 405 g/mol. The average molecular weight is 405 g/mol. The number of nitrogen functional groups attached to an aromatic ring is 1. The third-order valence-corrected chi connectivity index (χ3v) is 5.12. The zero-order valence-corrected chi connectivity index (χ0v) is 16.9. The molecule has 5 heteroatoms. The SMILES string of the molecule is [CH2]c1cccc(-c2nc(-c3cccc(OCc4ccccc4)c3)c3c(N)nccn23)c1. The van der Waals surface area contributed by atoms with Crippen molar-refractivity contribution in [1.29, 1.82) is 0 Å². The van der Waals surface area contributed by atoms with Gasteiger partial charge in [-0.1, -0.05) is 60.7 Å². The van der Waals surface area contributed by atoms with E-state index < -0.39 is 0 Å². The van der Waals surface area contributed by atoms with E-state index in [1.807, 2.05) is 89.5 Å². The zero-order chi connectivity index (χ0) is 21.2. The molecule has 0 saturated carbocycles. The van der Waals surface area contributed by atoms with E-state index in [0.29, 0.717) is 12.4 Å². The van der Waals surface area contributed by atoms with Gasteiger partial charge in [0.15, 0.2) is 0 Å². The highest BCUT2D eigenvalue weighted by Gasteiger charge is 2.17. The van der Waals surface area contributed by atoms with Crippen LogP contribution in [0.2, 0.25) is 0 Å². The van der Waals surface area contributed by atoms with E-state index in [-0.39, 0.29) is 0 Å². The highest BCUT2D eigenvalue weighted by molar-refractivity contribution is 5.88. The fourth-order valence-electron chi connectivity index (χ4n) is 3.65. The smallest absolute Gasteiger partial charge is 0.150 e. The van der Waals surface area contributed by atoms with Crippen LogP contribution in [0.5, 0.6) is 5.75 Å². The van der Waals surface area contributed by atoms with E-state index in [9.17, 15) is 0 Å². The molecule has 3 aromatic carbocycles. The first-order valence-corrected chi connectivity index (χ1v) is 10.0. The lowest BCUT2D eigenvalue weighted by atomic mass is 10.1. The fraction of sp³-hybridized carbons (Fsp3) is 0.0385. The van der Waals surface area contributed by atoms with Crippen molar-refractivity contribution in [3.8, 4) is 28.4 Å². The molecule has 2 N–H and O–H groups in total. The van der Waals surface area contributed by atoms with Gasteiger partial charge in [-0.2, -0.15) is 0 Å². The molecule has 0 unspecified atom stereocenters. The van der Waals surface area contributed by atoms with Crippen LogP contribution in [0, 0.1) is 6.92 Å². The number of nitrogens with two attached hydrogens (primary N) is 1. The Bertz CT molecular complexity index is 1360. The average Bonchev–Trinajstić information content (AvgIpc) is 3.20. The molecule has 2 aromatic heterocycles. The lowest BCUT2D eigenvalue weighted by Crippen LogP contribution is -1.97. The van der Waals surface area contributed by atoms with Crippen LogP contribution in [0.25, 0.3) is 28.2 Å². The summed E-state index contributed by atoms with van der Waals surface area (Å²) in [5.41, 5.74) is 11.7. The molecule has 0 aliphatic heterocycles. The maximum Gasteiger partial charge on any atom is 0.150 e. The molecule has 0 bridgehead atoms. The van der Waals surface area contributed by atoms with Gasteiger partial charge in [0.05, 0.1) is 0 Å². The van der Waals surface area contributed by atoms with Crippen LogP contribution in [-0.2, 0) is 6.61 Å². The Labute approximate surface area is 180 Å². The van der Waals surface area contributed by atoms with Gasteiger partial charge in [0.25, 0.3) is 0 Å². The number of fused-ring (bicyclic) bond motifs is 1. The summed E-state index contributed by atoms with van der Waals surface area (Å²) < 4.78 is 7.99. The Balaban J connectivity index is 1.57. The molecule has 0 atom stereocenters. The Morgan fingerprint density at radius 2 is 1.71 bits per heavy atom. The number of imidazole rings is 1. The highest BCUT2D eigenvalue weighted by Crippen LogP contribution is 2.33. The molecule has 2 heterocycles. The summed E-state index contributed by atoms with van der Waals surface area (Å²) in [5.74, 6) is 1.99. The molecular formula is C26H21N4O. The van der Waals surface area contributed by atoms with Crippen molar-refractivity contribution in [3.63, 3.8) is 0 Å². The summed E-state index contributed by atoms with van der Waals surface area (Å²) in [5, 5.41) is 0. The summed E-state index contributed by atoms with van der Waals surface area (Å²) in [6.07, 6.45) is 3.56. The topological polar surface area (TPSA) is 65.4 Å². The zero-order valence-electron chi connectivity index (χ0n) is 16.9. The molecule has 31 heavy (non-hydrogen) atoms. The maximum absolute atomic E-state index is 6.27. The van der Waals surface area contributed by atoms with E-state index in [4.69, 9.17) is 15.5 Å². The van der Waals surface area contributed by atoms with Crippen LogP contribution < -0.4 is 10.5 Å². The largest absolute Gasteiger partial charge is 0.489 e. The van der Waals surface area contributed by atoms with E-state index in [1.54, 1.807) is 6.20 Å². The van der Waals surface area contributed by atoms with Crippen molar-refractivity contribution in [1.82, 2.24) is 14.4 Å². The first-order valence-electron chi connectivity index (χ1n) is 10.0. The van der Waals surface area contributed by atoms with Crippen molar-refractivity contribution < 1.29 is 4.74 Å². The van der Waals surface area contributed by atoms with Crippen molar-refractivity contribution >= 4 is 11.3 Å². The molecular weight excluding hydrogens is 384 g/mol. The van der Waals surface area contributed by atoms with Gasteiger partial charge >= 0.3 is 0 Å². The number of nitrogens with zero attached hydrogens (tertiary/aromatic N) is 3. The second-order valence-corrected chi connectivity index (χ2v) is 7.32. The Morgan fingerprint density at radius 3 is 2.55 bits per heavy atom. The van der Waals surface area contributed by atoms with Gasteiger partial charge in [-0.3, -0.25) is 4.40 Å². The second kappa shape index (κ2) is 7.95. The third-order valence-electron chi connectivity index (χ3n) is 5.12. The highest BCUT2D eigenvalue weighted by atomic mass is 16.5. The first-order chi connectivity index (χ1) is 15.2. The maximum atomic E-state index is 6.27. The molecule has 0 fully saturated rings. The minimum Gasteiger partial charge on any atom is -0.489 e. The van der Waals surface area contributed by atoms with Crippen LogP contribution >= 0.6 is 0 Å². The summed E-state index contributed by atoms with van der Waals surface area (Å²) in [6, 6.07) is 25.9. The number of aromatic nitrogens is 3. The number of hydrogen-bond acceptors (Lipinski definition) is 4. The summed E-state index contributed by atoms with van der Waals surface area (Å²) in [4.78, 5) is 9.24. The van der Waals surface area contributed by atoms with Crippen LogP contribution in [0.4, 0.5) is 5.82 Å². The van der Waals surface area contributed by atoms with Gasteiger partial charge in [-0.25, -0.2) is 9.97 Å². The summed E-state index contributed by atoms with van der Waals surface area (Å²) in [7, 11) is 0. The lowest BCUT2D eigenvalue weighted by molar-refractivity contribution is 0.306. The Morgan fingerprint density at radius 1 is 0.903 bits per heavy atom. The van der Waals surface area contributed by atoms with Crippen molar-refractivity contribution in [2.24, 2.45) is 0 Å². The van der Waals surface area contributed by atoms with E-state index in [0.717, 1.165) is 45.0 Å². The lowest BCUT2D eigenvalue weighted by Gasteiger charge is -2.08. The summed E-state index contributed by atoms with van der Waals surface area (Å²) >= 11 is 0. The minimum atomic E-state index is 0.428. The summed E-state index contributed by atoms with van der Waals surface area (Å²) in [6.45, 7) is 4.54. The number of ether oxygens (including phenoxy) is 1. The van der Waals surface area contributed by atoms with E-state index in [1.165, 1.54) is 0 Å². The van der Waals surface area contributed by atoms with Crippen LogP contribution in [0.15, 0.2) is 91.3 Å². The van der Waals surface area contributed by atoms with Crippen molar-refractivity contribution in [2.75, 3.05) is 5.73 Å². The molecule has 5 rings (SSSR count). The van der Waals surface area contributed by atoms with Crippen LogP contribution in [0.1, 0.15) is 11.1 Å². The number of rotatable bonds is 5. The predicted octanol–water partition coefficient (Wildman–Crippen LogP) is 5.41. The molecule has 1 radical (unpaired) electrons. The number of benzene rings is 3. The Kier molecular flexibility index (Phi) is 4.84. The molecule has 151 valence electrons. The quantitative estimate of drug-likeness (QED) is 0.425. The van der Waals surface area contributed by atoms with Gasteiger partial charge in [0.1, 0.15) is 35.2 Å². The standard InChI is InChI=1S/C26H21N4O/c1-18-7-5-11-21(15-18)26-29-23(24-25(27)28-13-14-30(24)26)20-10-6-12-22(16-20)31-17-19-8-3-2-4-9-19/h2-16H,1,17H2,(H2,27,28). The first kappa shape index (κ1) is 18.9. The Hall–Kier alpha value is -4.12. The molecule has 0 saturated heterocycles. The van der Waals surface area contributed by atoms with Crippen LogP contribution in [0.3, 0.4) is 0 Å². The van der Waals surface area contributed by atoms with Gasteiger partial charge < -0.3 is 10.5 Å². The van der Waals surface area contributed by atoms with Crippen molar-refractivity contribution in [2.45, 2.75) is 6.61 Å². The molecule has 0 amide bonds. The van der Waals surface area contributed by atoms with Crippen LogP contribution in [-0.4, -0.2) is 14.4 Å². The van der Waals surface area contributed by atoms with Gasteiger partial charge in [0, 0.05) is 23.5 Å².